The molecule has 1 heterocycles. The normalized spacial score (nSPS) is 10.9. The Bertz CT molecular complexity index is 551. The third kappa shape index (κ3) is 3.39. The average molecular weight is 321 g/mol. The van der Waals surface area contributed by atoms with Gasteiger partial charge < -0.3 is 9.30 Å². The van der Waals surface area contributed by atoms with E-state index in [1.807, 2.05) is 4.57 Å². The third-order valence-corrected chi connectivity index (χ3v) is 3.26. The number of rotatable bonds is 5. The van der Waals surface area contributed by atoms with Crippen molar-refractivity contribution in [3.63, 3.8) is 0 Å². The van der Waals surface area contributed by atoms with Gasteiger partial charge in [-0.05, 0) is 18.2 Å². The van der Waals surface area contributed by atoms with Crippen molar-refractivity contribution in [1.29, 1.82) is 0 Å². The van der Waals surface area contributed by atoms with E-state index in [0.717, 1.165) is 5.56 Å². The van der Waals surface area contributed by atoms with E-state index in [-0.39, 0.29) is 5.88 Å². The molecule has 19 heavy (non-hydrogen) atoms. The Kier molecular flexibility index (Phi) is 5.05. The Morgan fingerprint density at radius 1 is 1.16 bits per heavy atom. The molecule has 0 bridgehead atoms. The number of ether oxygens (including phenoxy) is 1. The summed E-state index contributed by atoms with van der Waals surface area (Å²) in [6, 6.07) is 5.25. The Balaban J connectivity index is 2.45. The zero-order valence-corrected chi connectivity index (χ0v) is 12.5. The highest BCUT2D eigenvalue weighted by Crippen LogP contribution is 2.26. The van der Waals surface area contributed by atoms with Gasteiger partial charge in [0.05, 0.1) is 12.5 Å². The number of alkyl halides is 1. The first-order valence-corrected chi connectivity index (χ1v) is 6.88. The molecule has 102 valence electrons. The van der Waals surface area contributed by atoms with Crippen molar-refractivity contribution in [3.8, 4) is 11.4 Å². The van der Waals surface area contributed by atoms with E-state index in [4.69, 9.17) is 39.5 Å². The molecule has 0 atom stereocenters. The summed E-state index contributed by atoms with van der Waals surface area (Å²) < 4.78 is 6.98. The molecule has 0 saturated heterocycles. The first-order chi connectivity index (χ1) is 9.15. The quantitative estimate of drug-likeness (QED) is 0.790. The van der Waals surface area contributed by atoms with Crippen LogP contribution in [0.15, 0.2) is 18.2 Å². The molecule has 0 aliphatic carbocycles. The molecule has 0 aliphatic heterocycles. The molecule has 2 rings (SSSR count). The number of methoxy groups -OCH3 is 1. The van der Waals surface area contributed by atoms with Gasteiger partial charge in [-0.15, -0.1) is 21.8 Å². The molecule has 4 nitrogen and oxygen atoms in total. The van der Waals surface area contributed by atoms with Gasteiger partial charge in [0.1, 0.15) is 5.82 Å². The fourth-order valence-electron chi connectivity index (χ4n) is 1.75. The van der Waals surface area contributed by atoms with Crippen LogP contribution in [0.1, 0.15) is 5.82 Å². The summed E-state index contributed by atoms with van der Waals surface area (Å²) in [5.74, 6) is 1.65. The van der Waals surface area contributed by atoms with Crippen LogP contribution >= 0.6 is 34.8 Å². The van der Waals surface area contributed by atoms with E-state index in [0.29, 0.717) is 34.8 Å². The maximum atomic E-state index is 6.00. The molecule has 1 aromatic carbocycles. The second-order valence-corrected chi connectivity index (χ2v) is 5.02. The van der Waals surface area contributed by atoms with Gasteiger partial charge in [0, 0.05) is 29.3 Å². The van der Waals surface area contributed by atoms with Gasteiger partial charge >= 0.3 is 0 Å². The van der Waals surface area contributed by atoms with Crippen molar-refractivity contribution in [3.05, 3.63) is 34.1 Å². The summed E-state index contributed by atoms with van der Waals surface area (Å²) in [5, 5.41) is 9.31. The van der Waals surface area contributed by atoms with Crippen LogP contribution in [0.25, 0.3) is 11.4 Å². The molecular weight excluding hydrogens is 309 g/mol. The zero-order valence-electron chi connectivity index (χ0n) is 10.2. The molecule has 7 heteroatoms. The number of halogens is 3. The van der Waals surface area contributed by atoms with Crippen LogP contribution in [0.3, 0.4) is 0 Å². The molecule has 0 amide bonds. The van der Waals surface area contributed by atoms with Crippen LogP contribution in [0.2, 0.25) is 10.0 Å². The molecular formula is C12H12Cl3N3O. The van der Waals surface area contributed by atoms with Crippen LogP contribution in [-0.4, -0.2) is 28.5 Å². The first kappa shape index (κ1) is 14.6. The van der Waals surface area contributed by atoms with Crippen molar-refractivity contribution < 1.29 is 4.74 Å². The van der Waals surface area contributed by atoms with E-state index < -0.39 is 0 Å². The lowest BCUT2D eigenvalue weighted by Crippen LogP contribution is -2.09. The lowest BCUT2D eigenvalue weighted by Gasteiger charge is -2.09. The van der Waals surface area contributed by atoms with E-state index >= 15 is 0 Å². The van der Waals surface area contributed by atoms with E-state index in [9.17, 15) is 0 Å². The Morgan fingerprint density at radius 2 is 1.84 bits per heavy atom. The first-order valence-electron chi connectivity index (χ1n) is 5.59. The summed E-state index contributed by atoms with van der Waals surface area (Å²) in [4.78, 5) is 0. The Morgan fingerprint density at radius 3 is 2.42 bits per heavy atom. The maximum Gasteiger partial charge on any atom is 0.164 e. The van der Waals surface area contributed by atoms with Gasteiger partial charge in [-0.2, -0.15) is 0 Å². The number of hydrogen-bond donors (Lipinski definition) is 0. The van der Waals surface area contributed by atoms with Gasteiger partial charge in [-0.3, -0.25) is 0 Å². The van der Waals surface area contributed by atoms with Crippen molar-refractivity contribution in [2.45, 2.75) is 12.4 Å². The fourth-order valence-corrected chi connectivity index (χ4v) is 2.47. The standard InChI is InChI=1S/C12H12Cl3N3O/c1-19-3-2-18-11(7-13)16-17-12(18)8-4-9(14)6-10(15)5-8/h4-6H,2-3,7H2,1H3. The summed E-state index contributed by atoms with van der Waals surface area (Å²) in [6.07, 6.45) is 0. The van der Waals surface area contributed by atoms with Crippen molar-refractivity contribution >= 4 is 34.8 Å². The summed E-state index contributed by atoms with van der Waals surface area (Å²) in [6.45, 7) is 1.16. The second-order valence-electron chi connectivity index (χ2n) is 3.88. The van der Waals surface area contributed by atoms with Crippen LogP contribution in [0.4, 0.5) is 0 Å². The maximum absolute atomic E-state index is 6.00. The number of aromatic nitrogens is 3. The lowest BCUT2D eigenvalue weighted by atomic mass is 10.2. The predicted molar refractivity (Wildman–Crippen MR) is 76.9 cm³/mol. The number of hydrogen-bond acceptors (Lipinski definition) is 3. The van der Waals surface area contributed by atoms with E-state index in [1.165, 1.54) is 0 Å². The van der Waals surface area contributed by atoms with E-state index in [2.05, 4.69) is 10.2 Å². The highest BCUT2D eigenvalue weighted by atomic mass is 35.5. The monoisotopic (exact) mass is 319 g/mol. The summed E-state index contributed by atoms with van der Waals surface area (Å²) in [7, 11) is 1.64. The van der Waals surface area contributed by atoms with Crippen LogP contribution < -0.4 is 0 Å². The Hall–Kier alpha value is -0.810. The lowest BCUT2D eigenvalue weighted by molar-refractivity contribution is 0.187. The van der Waals surface area contributed by atoms with Crippen LogP contribution in [-0.2, 0) is 17.2 Å². The molecule has 0 radical (unpaired) electrons. The molecule has 0 N–H and O–H groups in total. The second kappa shape index (κ2) is 6.57. The van der Waals surface area contributed by atoms with Crippen molar-refractivity contribution in [2.24, 2.45) is 0 Å². The van der Waals surface area contributed by atoms with Gasteiger partial charge in [0.15, 0.2) is 5.82 Å². The minimum absolute atomic E-state index is 0.283. The molecule has 0 saturated carbocycles. The fraction of sp³-hybridized carbons (Fsp3) is 0.333. The topological polar surface area (TPSA) is 39.9 Å². The van der Waals surface area contributed by atoms with Gasteiger partial charge in [-0.25, -0.2) is 0 Å². The highest BCUT2D eigenvalue weighted by molar-refractivity contribution is 6.35. The SMILES string of the molecule is COCCn1c(CCl)nnc1-c1cc(Cl)cc(Cl)c1. The van der Waals surface area contributed by atoms with Gasteiger partial charge in [0.2, 0.25) is 0 Å². The molecule has 0 aliphatic rings. The van der Waals surface area contributed by atoms with Crippen LogP contribution in [0.5, 0.6) is 0 Å². The largest absolute Gasteiger partial charge is 0.383 e. The van der Waals surface area contributed by atoms with Gasteiger partial charge in [0.25, 0.3) is 0 Å². The molecule has 0 spiro atoms. The Labute approximate surface area is 126 Å². The average Bonchev–Trinajstić information content (AvgIpc) is 2.77. The molecule has 0 unspecified atom stereocenters. The number of nitrogens with zero attached hydrogens (tertiary/aromatic N) is 3. The van der Waals surface area contributed by atoms with Crippen molar-refractivity contribution in [2.75, 3.05) is 13.7 Å². The third-order valence-electron chi connectivity index (χ3n) is 2.59. The zero-order chi connectivity index (χ0) is 13.8. The van der Waals surface area contributed by atoms with Crippen LogP contribution in [0, 0.1) is 0 Å². The molecule has 1 aromatic heterocycles. The van der Waals surface area contributed by atoms with E-state index in [1.54, 1.807) is 25.3 Å². The minimum atomic E-state index is 0.283. The minimum Gasteiger partial charge on any atom is -0.383 e. The predicted octanol–water partition coefficient (Wildman–Crippen LogP) is 3.64. The molecule has 0 fully saturated rings. The summed E-state index contributed by atoms with van der Waals surface area (Å²) in [5.41, 5.74) is 0.803. The highest BCUT2D eigenvalue weighted by Gasteiger charge is 2.14. The molecule has 2 aromatic rings. The number of benzene rings is 1. The van der Waals surface area contributed by atoms with Crippen molar-refractivity contribution in [1.82, 2.24) is 14.8 Å². The smallest absolute Gasteiger partial charge is 0.164 e. The van der Waals surface area contributed by atoms with Gasteiger partial charge in [-0.1, -0.05) is 23.2 Å². The summed E-state index contributed by atoms with van der Waals surface area (Å²) >= 11 is 17.9.